The van der Waals surface area contributed by atoms with Crippen molar-refractivity contribution in [1.82, 2.24) is 14.8 Å². The maximum atomic E-state index is 10.7. The summed E-state index contributed by atoms with van der Waals surface area (Å²) in [6.07, 6.45) is 4.16. The molecule has 5 heteroatoms. The molecule has 2 aromatic rings. The summed E-state index contributed by atoms with van der Waals surface area (Å²) in [6.45, 7) is 1.87. The second-order valence-corrected chi connectivity index (χ2v) is 3.67. The van der Waals surface area contributed by atoms with E-state index in [4.69, 9.17) is 5.11 Å². The second kappa shape index (κ2) is 4.78. The fraction of sp³-hybridized carbons (Fsp3) is 0.250. The van der Waals surface area contributed by atoms with Crippen molar-refractivity contribution in [2.24, 2.45) is 0 Å². The van der Waals surface area contributed by atoms with Gasteiger partial charge < -0.3 is 5.11 Å². The van der Waals surface area contributed by atoms with Crippen molar-refractivity contribution in [3.63, 3.8) is 0 Å². The molecule has 17 heavy (non-hydrogen) atoms. The molecule has 0 saturated heterocycles. The molecule has 2 heterocycles. The highest BCUT2D eigenvalue weighted by molar-refractivity contribution is 5.67. The first-order chi connectivity index (χ1) is 8.20. The minimum atomic E-state index is -0.888. The predicted molar refractivity (Wildman–Crippen MR) is 62.5 cm³/mol. The van der Waals surface area contributed by atoms with E-state index < -0.39 is 5.97 Å². The van der Waals surface area contributed by atoms with Gasteiger partial charge in [0.1, 0.15) is 6.54 Å². The van der Waals surface area contributed by atoms with Crippen LogP contribution in [0.15, 0.2) is 30.6 Å². The summed E-state index contributed by atoms with van der Waals surface area (Å²) in [5.74, 6) is -0.888. The fourth-order valence-electron chi connectivity index (χ4n) is 1.66. The Hall–Kier alpha value is -2.17. The Morgan fingerprint density at radius 2 is 2.35 bits per heavy atom. The van der Waals surface area contributed by atoms with Crippen molar-refractivity contribution in [3.05, 3.63) is 36.3 Å². The third kappa shape index (κ3) is 2.50. The maximum Gasteiger partial charge on any atom is 0.325 e. The monoisotopic (exact) mass is 231 g/mol. The van der Waals surface area contributed by atoms with Gasteiger partial charge in [0.05, 0.1) is 5.69 Å². The highest BCUT2D eigenvalue weighted by Crippen LogP contribution is 2.18. The van der Waals surface area contributed by atoms with Crippen LogP contribution < -0.4 is 0 Å². The summed E-state index contributed by atoms with van der Waals surface area (Å²) in [4.78, 5) is 14.7. The average Bonchev–Trinajstić information content (AvgIpc) is 2.72. The molecule has 0 amide bonds. The van der Waals surface area contributed by atoms with Crippen LogP contribution in [0.4, 0.5) is 0 Å². The molecule has 0 fully saturated rings. The minimum Gasteiger partial charge on any atom is -0.480 e. The van der Waals surface area contributed by atoms with Crippen molar-refractivity contribution in [1.29, 1.82) is 0 Å². The zero-order valence-electron chi connectivity index (χ0n) is 9.50. The van der Waals surface area contributed by atoms with Gasteiger partial charge in [0.15, 0.2) is 0 Å². The Kier molecular flexibility index (Phi) is 3.18. The van der Waals surface area contributed by atoms with E-state index in [0.29, 0.717) is 0 Å². The van der Waals surface area contributed by atoms with E-state index in [1.807, 2.05) is 25.1 Å². The molecule has 0 saturated carbocycles. The SMILES string of the molecule is CCc1cc(-c2cccnc2)nn1CC(=O)O. The molecule has 2 aromatic heterocycles. The van der Waals surface area contributed by atoms with Gasteiger partial charge in [-0.15, -0.1) is 0 Å². The molecule has 0 atom stereocenters. The zero-order chi connectivity index (χ0) is 12.3. The van der Waals surface area contributed by atoms with E-state index in [1.165, 1.54) is 4.68 Å². The Balaban J connectivity index is 2.37. The van der Waals surface area contributed by atoms with Crippen LogP contribution in [0.5, 0.6) is 0 Å². The van der Waals surface area contributed by atoms with Gasteiger partial charge in [-0.3, -0.25) is 14.5 Å². The molecular formula is C12H13N3O2. The fourth-order valence-corrected chi connectivity index (χ4v) is 1.66. The van der Waals surface area contributed by atoms with Gasteiger partial charge in [-0.2, -0.15) is 5.10 Å². The summed E-state index contributed by atoms with van der Waals surface area (Å²) in [5, 5.41) is 13.1. The first kappa shape index (κ1) is 11.3. The van der Waals surface area contributed by atoms with Gasteiger partial charge in [0.25, 0.3) is 0 Å². The number of aliphatic carboxylic acids is 1. The molecule has 2 rings (SSSR count). The molecule has 0 aliphatic rings. The van der Waals surface area contributed by atoms with Gasteiger partial charge in [-0.1, -0.05) is 6.92 Å². The molecule has 1 N–H and O–H groups in total. The van der Waals surface area contributed by atoms with Crippen LogP contribution in [-0.2, 0) is 17.8 Å². The number of carboxylic acid groups (broad SMARTS) is 1. The number of pyridine rings is 1. The smallest absolute Gasteiger partial charge is 0.325 e. The van der Waals surface area contributed by atoms with E-state index in [2.05, 4.69) is 10.1 Å². The van der Waals surface area contributed by atoms with E-state index >= 15 is 0 Å². The number of rotatable bonds is 4. The largest absolute Gasteiger partial charge is 0.480 e. The molecule has 88 valence electrons. The number of hydrogen-bond acceptors (Lipinski definition) is 3. The normalized spacial score (nSPS) is 10.4. The Bertz CT molecular complexity index is 520. The lowest BCUT2D eigenvalue weighted by Crippen LogP contribution is -2.12. The number of aromatic nitrogens is 3. The number of nitrogens with zero attached hydrogens (tertiary/aromatic N) is 3. The third-order valence-corrected chi connectivity index (χ3v) is 2.47. The minimum absolute atomic E-state index is 0.108. The molecule has 0 aliphatic carbocycles. The Labute approximate surface area is 98.7 Å². The molecule has 0 bridgehead atoms. The van der Waals surface area contributed by atoms with Crippen molar-refractivity contribution < 1.29 is 9.90 Å². The lowest BCUT2D eigenvalue weighted by atomic mass is 10.2. The average molecular weight is 231 g/mol. The topological polar surface area (TPSA) is 68.0 Å². The molecule has 0 spiro atoms. The van der Waals surface area contributed by atoms with Gasteiger partial charge in [0.2, 0.25) is 0 Å². The van der Waals surface area contributed by atoms with Crippen molar-refractivity contribution >= 4 is 5.97 Å². The zero-order valence-corrected chi connectivity index (χ0v) is 9.50. The van der Waals surface area contributed by atoms with Crippen molar-refractivity contribution in [2.75, 3.05) is 0 Å². The van der Waals surface area contributed by atoms with Crippen LogP contribution in [0.1, 0.15) is 12.6 Å². The summed E-state index contributed by atoms with van der Waals surface area (Å²) in [7, 11) is 0. The molecule has 5 nitrogen and oxygen atoms in total. The second-order valence-electron chi connectivity index (χ2n) is 3.67. The summed E-state index contributed by atoms with van der Waals surface area (Å²) in [5.41, 5.74) is 2.56. The third-order valence-electron chi connectivity index (χ3n) is 2.47. The molecule has 0 aliphatic heterocycles. The highest BCUT2D eigenvalue weighted by atomic mass is 16.4. The van der Waals surface area contributed by atoms with Crippen LogP contribution >= 0.6 is 0 Å². The molecular weight excluding hydrogens is 218 g/mol. The lowest BCUT2D eigenvalue weighted by Gasteiger charge is -2.00. The number of aryl methyl sites for hydroxylation is 1. The summed E-state index contributed by atoms with van der Waals surface area (Å²) < 4.78 is 1.52. The van der Waals surface area contributed by atoms with Crippen LogP contribution in [0.25, 0.3) is 11.3 Å². The van der Waals surface area contributed by atoms with Crippen LogP contribution in [-0.4, -0.2) is 25.8 Å². The quantitative estimate of drug-likeness (QED) is 0.867. The number of carboxylic acids is 1. The van der Waals surface area contributed by atoms with Gasteiger partial charge in [-0.05, 0) is 24.6 Å². The molecule has 0 radical (unpaired) electrons. The van der Waals surface area contributed by atoms with E-state index in [1.54, 1.807) is 12.4 Å². The van der Waals surface area contributed by atoms with Gasteiger partial charge >= 0.3 is 5.97 Å². The first-order valence-electron chi connectivity index (χ1n) is 5.39. The van der Waals surface area contributed by atoms with E-state index in [0.717, 1.165) is 23.4 Å². The lowest BCUT2D eigenvalue weighted by molar-refractivity contribution is -0.137. The highest BCUT2D eigenvalue weighted by Gasteiger charge is 2.10. The standard InChI is InChI=1S/C12H13N3O2/c1-2-10-6-11(9-4-3-5-13-7-9)14-15(10)8-12(16)17/h3-7H,2,8H2,1H3,(H,16,17). The number of carbonyl (C=O) groups is 1. The maximum absolute atomic E-state index is 10.7. The van der Waals surface area contributed by atoms with Crippen molar-refractivity contribution in [2.45, 2.75) is 19.9 Å². The summed E-state index contributed by atoms with van der Waals surface area (Å²) >= 11 is 0. The van der Waals surface area contributed by atoms with Gasteiger partial charge in [0, 0.05) is 23.7 Å². The predicted octanol–water partition coefficient (Wildman–Crippen LogP) is 1.59. The molecule has 0 unspecified atom stereocenters. The van der Waals surface area contributed by atoms with Crippen LogP contribution in [0.3, 0.4) is 0 Å². The van der Waals surface area contributed by atoms with E-state index in [9.17, 15) is 4.79 Å². The van der Waals surface area contributed by atoms with Crippen molar-refractivity contribution in [3.8, 4) is 11.3 Å². The van der Waals surface area contributed by atoms with Crippen LogP contribution in [0.2, 0.25) is 0 Å². The Morgan fingerprint density at radius 1 is 1.53 bits per heavy atom. The first-order valence-corrected chi connectivity index (χ1v) is 5.39. The van der Waals surface area contributed by atoms with Gasteiger partial charge in [-0.25, -0.2) is 0 Å². The van der Waals surface area contributed by atoms with E-state index in [-0.39, 0.29) is 6.54 Å². The summed E-state index contributed by atoms with van der Waals surface area (Å²) in [6, 6.07) is 5.64. The Morgan fingerprint density at radius 3 is 2.94 bits per heavy atom. The number of hydrogen-bond donors (Lipinski definition) is 1. The van der Waals surface area contributed by atoms with Crippen LogP contribution in [0, 0.1) is 0 Å². The molecule has 0 aromatic carbocycles.